The Balaban J connectivity index is 2.64. The highest BCUT2D eigenvalue weighted by atomic mass is 16.5. The SMILES string of the molecule is COC(C)C(=O)N(C)Cc1cccc(O)c1. The lowest BCUT2D eigenvalue weighted by Crippen LogP contribution is -2.35. The molecule has 4 nitrogen and oxygen atoms in total. The molecule has 4 heteroatoms. The lowest BCUT2D eigenvalue weighted by molar-refractivity contribution is -0.140. The number of likely N-dealkylation sites (N-methyl/N-ethyl adjacent to an activating group) is 1. The van der Waals surface area contributed by atoms with Crippen LogP contribution >= 0.6 is 0 Å². The molecule has 0 spiro atoms. The van der Waals surface area contributed by atoms with Crippen LogP contribution in [0.4, 0.5) is 0 Å². The van der Waals surface area contributed by atoms with E-state index in [9.17, 15) is 9.90 Å². The topological polar surface area (TPSA) is 49.8 Å². The van der Waals surface area contributed by atoms with Gasteiger partial charge in [-0.05, 0) is 24.6 Å². The minimum atomic E-state index is -0.442. The monoisotopic (exact) mass is 223 g/mol. The molecular weight excluding hydrogens is 206 g/mol. The van der Waals surface area contributed by atoms with Gasteiger partial charge in [0.15, 0.2) is 0 Å². The summed E-state index contributed by atoms with van der Waals surface area (Å²) < 4.78 is 4.95. The maximum atomic E-state index is 11.7. The van der Waals surface area contributed by atoms with Gasteiger partial charge in [0.05, 0.1) is 0 Å². The van der Waals surface area contributed by atoms with Gasteiger partial charge in [0.1, 0.15) is 11.9 Å². The Labute approximate surface area is 95.5 Å². The number of phenolic OH excluding ortho intramolecular Hbond substituents is 1. The number of benzene rings is 1. The molecule has 1 aromatic carbocycles. The lowest BCUT2D eigenvalue weighted by Gasteiger charge is -2.20. The number of methoxy groups -OCH3 is 1. The summed E-state index contributed by atoms with van der Waals surface area (Å²) in [5, 5.41) is 9.29. The van der Waals surface area contributed by atoms with Gasteiger partial charge < -0.3 is 14.7 Å². The zero-order valence-corrected chi connectivity index (χ0v) is 9.80. The van der Waals surface area contributed by atoms with Crippen LogP contribution in [0.5, 0.6) is 5.75 Å². The minimum Gasteiger partial charge on any atom is -0.508 e. The minimum absolute atomic E-state index is 0.0779. The van der Waals surface area contributed by atoms with Crippen molar-refractivity contribution in [1.82, 2.24) is 4.90 Å². The van der Waals surface area contributed by atoms with Crippen LogP contribution < -0.4 is 0 Å². The summed E-state index contributed by atoms with van der Waals surface area (Å²) >= 11 is 0. The molecule has 0 heterocycles. The number of amides is 1. The maximum Gasteiger partial charge on any atom is 0.251 e. The molecule has 1 aromatic rings. The van der Waals surface area contributed by atoms with E-state index >= 15 is 0 Å². The number of hydrogen-bond acceptors (Lipinski definition) is 3. The molecular formula is C12H17NO3. The quantitative estimate of drug-likeness (QED) is 0.839. The second-order valence-corrected chi connectivity index (χ2v) is 3.74. The number of hydrogen-bond donors (Lipinski definition) is 1. The summed E-state index contributed by atoms with van der Waals surface area (Å²) in [6.45, 7) is 2.17. The predicted octanol–water partition coefficient (Wildman–Crippen LogP) is 1.39. The molecule has 0 aliphatic carbocycles. The van der Waals surface area contributed by atoms with Crippen LogP contribution in [0.2, 0.25) is 0 Å². The fourth-order valence-electron chi connectivity index (χ4n) is 1.42. The Bertz CT molecular complexity index is 365. The Hall–Kier alpha value is -1.55. The van der Waals surface area contributed by atoms with Gasteiger partial charge >= 0.3 is 0 Å². The highest BCUT2D eigenvalue weighted by Crippen LogP contribution is 2.12. The van der Waals surface area contributed by atoms with Crippen molar-refractivity contribution in [3.05, 3.63) is 29.8 Å². The highest BCUT2D eigenvalue weighted by Gasteiger charge is 2.16. The Kier molecular flexibility index (Phi) is 4.31. The van der Waals surface area contributed by atoms with Gasteiger partial charge in [-0.1, -0.05) is 12.1 Å². The van der Waals surface area contributed by atoms with Crippen molar-refractivity contribution in [2.24, 2.45) is 0 Å². The molecule has 0 saturated heterocycles. The molecule has 0 aliphatic rings. The molecule has 1 atom stereocenters. The first-order valence-electron chi connectivity index (χ1n) is 5.10. The fourth-order valence-corrected chi connectivity index (χ4v) is 1.42. The number of aromatic hydroxyl groups is 1. The van der Waals surface area contributed by atoms with Crippen molar-refractivity contribution in [3.8, 4) is 5.75 Å². The summed E-state index contributed by atoms with van der Waals surface area (Å²) in [5.74, 6) is 0.129. The largest absolute Gasteiger partial charge is 0.508 e. The number of rotatable bonds is 4. The fraction of sp³-hybridized carbons (Fsp3) is 0.417. The van der Waals surface area contributed by atoms with Crippen LogP contribution in [0.1, 0.15) is 12.5 Å². The first kappa shape index (κ1) is 12.5. The second-order valence-electron chi connectivity index (χ2n) is 3.74. The van der Waals surface area contributed by atoms with Crippen molar-refractivity contribution in [2.45, 2.75) is 19.6 Å². The van der Waals surface area contributed by atoms with E-state index in [0.29, 0.717) is 6.54 Å². The molecule has 1 unspecified atom stereocenters. The second kappa shape index (κ2) is 5.51. The van der Waals surface area contributed by atoms with Gasteiger partial charge in [0.25, 0.3) is 5.91 Å². The van der Waals surface area contributed by atoms with Crippen molar-refractivity contribution < 1.29 is 14.6 Å². The van der Waals surface area contributed by atoms with E-state index in [1.807, 2.05) is 6.07 Å². The summed E-state index contributed by atoms with van der Waals surface area (Å²) in [7, 11) is 3.21. The molecule has 1 rings (SSSR count). The number of nitrogens with zero attached hydrogens (tertiary/aromatic N) is 1. The van der Waals surface area contributed by atoms with E-state index in [1.54, 1.807) is 37.1 Å². The van der Waals surface area contributed by atoms with Crippen LogP contribution in [0, 0.1) is 0 Å². The molecule has 1 N–H and O–H groups in total. The Morgan fingerprint density at radius 3 is 2.81 bits per heavy atom. The van der Waals surface area contributed by atoms with Gasteiger partial charge in [0, 0.05) is 20.7 Å². The zero-order valence-electron chi connectivity index (χ0n) is 9.80. The van der Waals surface area contributed by atoms with Crippen molar-refractivity contribution in [3.63, 3.8) is 0 Å². The zero-order chi connectivity index (χ0) is 12.1. The number of ether oxygens (including phenoxy) is 1. The van der Waals surface area contributed by atoms with Crippen molar-refractivity contribution in [2.75, 3.05) is 14.2 Å². The first-order chi connectivity index (χ1) is 7.54. The molecule has 0 saturated carbocycles. The number of phenols is 1. The van der Waals surface area contributed by atoms with Crippen molar-refractivity contribution >= 4 is 5.91 Å². The summed E-state index contributed by atoms with van der Waals surface area (Å²) in [6.07, 6.45) is -0.442. The standard InChI is InChI=1S/C12H17NO3/c1-9(16-3)12(15)13(2)8-10-5-4-6-11(14)7-10/h4-7,9,14H,8H2,1-3H3. The van der Waals surface area contributed by atoms with Crippen LogP contribution in [0.25, 0.3) is 0 Å². The van der Waals surface area contributed by atoms with Crippen LogP contribution in [0.15, 0.2) is 24.3 Å². The van der Waals surface area contributed by atoms with Crippen LogP contribution in [-0.2, 0) is 16.1 Å². The third-order valence-electron chi connectivity index (χ3n) is 2.41. The van der Waals surface area contributed by atoms with Crippen LogP contribution in [-0.4, -0.2) is 36.2 Å². The summed E-state index contributed by atoms with van der Waals surface area (Å²) in [6, 6.07) is 6.86. The summed E-state index contributed by atoms with van der Waals surface area (Å²) in [4.78, 5) is 13.3. The van der Waals surface area contributed by atoms with E-state index in [4.69, 9.17) is 4.74 Å². The van der Waals surface area contributed by atoms with E-state index in [0.717, 1.165) is 5.56 Å². The van der Waals surface area contributed by atoms with Gasteiger partial charge in [0.2, 0.25) is 0 Å². The summed E-state index contributed by atoms with van der Waals surface area (Å²) in [5.41, 5.74) is 0.888. The predicted molar refractivity (Wildman–Crippen MR) is 61.1 cm³/mol. The molecule has 88 valence electrons. The van der Waals surface area contributed by atoms with E-state index in [-0.39, 0.29) is 11.7 Å². The average Bonchev–Trinajstić information content (AvgIpc) is 2.27. The molecule has 0 aliphatic heterocycles. The number of carbonyl (C=O) groups is 1. The van der Waals surface area contributed by atoms with E-state index < -0.39 is 6.10 Å². The first-order valence-corrected chi connectivity index (χ1v) is 5.10. The van der Waals surface area contributed by atoms with Gasteiger partial charge in [-0.2, -0.15) is 0 Å². The van der Waals surface area contributed by atoms with Crippen molar-refractivity contribution in [1.29, 1.82) is 0 Å². The third-order valence-corrected chi connectivity index (χ3v) is 2.41. The molecule has 0 fully saturated rings. The van der Waals surface area contributed by atoms with E-state index in [2.05, 4.69) is 0 Å². The Morgan fingerprint density at radius 2 is 2.25 bits per heavy atom. The van der Waals surface area contributed by atoms with Gasteiger partial charge in [-0.15, -0.1) is 0 Å². The third kappa shape index (κ3) is 3.24. The molecule has 0 aromatic heterocycles. The smallest absolute Gasteiger partial charge is 0.251 e. The van der Waals surface area contributed by atoms with Gasteiger partial charge in [-0.25, -0.2) is 0 Å². The van der Waals surface area contributed by atoms with E-state index in [1.165, 1.54) is 7.11 Å². The maximum absolute atomic E-state index is 11.7. The molecule has 16 heavy (non-hydrogen) atoms. The average molecular weight is 223 g/mol. The number of carbonyl (C=O) groups excluding carboxylic acids is 1. The molecule has 0 bridgehead atoms. The van der Waals surface area contributed by atoms with Crippen LogP contribution in [0.3, 0.4) is 0 Å². The van der Waals surface area contributed by atoms with Gasteiger partial charge in [-0.3, -0.25) is 4.79 Å². The lowest BCUT2D eigenvalue weighted by atomic mass is 10.2. The molecule has 1 amide bonds. The molecule has 0 radical (unpaired) electrons. The highest BCUT2D eigenvalue weighted by molar-refractivity contribution is 5.80. The normalized spacial score (nSPS) is 12.2. The Morgan fingerprint density at radius 1 is 1.56 bits per heavy atom.